The molecule has 7 nitrogen and oxygen atoms in total. The Bertz CT molecular complexity index is 1070. The molecule has 8 heteroatoms. The Balaban J connectivity index is 1.87. The molecule has 1 aliphatic rings. The van der Waals surface area contributed by atoms with Gasteiger partial charge < -0.3 is 10.2 Å². The van der Waals surface area contributed by atoms with Crippen molar-refractivity contribution in [2.45, 2.75) is 51.0 Å². The number of carbonyl (C=O) groups excluding carboxylic acids is 2. The Kier molecular flexibility index (Phi) is 6.45. The van der Waals surface area contributed by atoms with Crippen LogP contribution in [0.4, 0.5) is 11.4 Å². The summed E-state index contributed by atoms with van der Waals surface area (Å²) in [7, 11) is -3.90. The van der Waals surface area contributed by atoms with E-state index in [2.05, 4.69) is 10.0 Å². The summed E-state index contributed by atoms with van der Waals surface area (Å²) in [4.78, 5) is 26.4. The predicted molar refractivity (Wildman–Crippen MR) is 117 cm³/mol. The lowest BCUT2D eigenvalue weighted by Gasteiger charge is -2.17. The number of rotatable bonds is 7. The number of benzene rings is 2. The molecule has 0 saturated carbocycles. The molecule has 0 spiro atoms. The fourth-order valence-electron chi connectivity index (χ4n) is 3.37. The molecule has 3 rings (SSSR count). The first kappa shape index (κ1) is 21.8. The lowest BCUT2D eigenvalue weighted by atomic mass is 10.1. The van der Waals surface area contributed by atoms with E-state index in [0.29, 0.717) is 19.4 Å². The number of anilines is 2. The first-order valence-corrected chi connectivity index (χ1v) is 11.6. The summed E-state index contributed by atoms with van der Waals surface area (Å²) in [6.45, 7) is 6.21. The molecule has 1 aliphatic heterocycles. The van der Waals surface area contributed by atoms with Gasteiger partial charge in [-0.2, -0.15) is 0 Å². The average Bonchev–Trinajstić information content (AvgIpc) is 3.16. The summed E-state index contributed by atoms with van der Waals surface area (Å²) in [5.74, 6) is -0.311. The molecule has 0 radical (unpaired) electrons. The van der Waals surface area contributed by atoms with Crippen molar-refractivity contribution in [1.29, 1.82) is 0 Å². The average molecular weight is 430 g/mol. The van der Waals surface area contributed by atoms with Crippen molar-refractivity contribution in [3.05, 3.63) is 53.6 Å². The summed E-state index contributed by atoms with van der Waals surface area (Å²) in [5.41, 5.74) is 2.07. The van der Waals surface area contributed by atoms with Crippen molar-refractivity contribution < 1.29 is 18.0 Å². The Morgan fingerprint density at radius 2 is 1.87 bits per heavy atom. The van der Waals surface area contributed by atoms with Gasteiger partial charge in [0.1, 0.15) is 0 Å². The molecule has 160 valence electrons. The lowest BCUT2D eigenvalue weighted by molar-refractivity contribution is -0.118. The van der Waals surface area contributed by atoms with Crippen molar-refractivity contribution in [2.75, 3.05) is 16.2 Å². The molecule has 0 bridgehead atoms. The molecule has 2 aromatic rings. The lowest BCUT2D eigenvalue weighted by Crippen LogP contribution is -2.32. The summed E-state index contributed by atoms with van der Waals surface area (Å²) in [6, 6.07) is 11.3. The van der Waals surface area contributed by atoms with Crippen molar-refractivity contribution in [3.8, 4) is 0 Å². The van der Waals surface area contributed by atoms with E-state index >= 15 is 0 Å². The zero-order chi connectivity index (χ0) is 21.9. The van der Waals surface area contributed by atoms with Crippen LogP contribution in [0, 0.1) is 0 Å². The summed E-state index contributed by atoms with van der Waals surface area (Å²) in [6.07, 6.45) is 1.78. The first-order chi connectivity index (χ1) is 14.3. The number of sulfonamides is 1. The quantitative estimate of drug-likeness (QED) is 0.706. The molecular formula is C22H27N3O4S. The van der Waals surface area contributed by atoms with Crippen LogP contribution in [-0.4, -0.2) is 32.8 Å². The minimum Gasteiger partial charge on any atom is -0.350 e. The predicted octanol–water partition coefficient (Wildman–Crippen LogP) is 3.31. The number of nitrogens with zero attached hydrogens (tertiary/aromatic N) is 1. The number of hydrogen-bond acceptors (Lipinski definition) is 4. The summed E-state index contributed by atoms with van der Waals surface area (Å²) in [5, 5.41) is 2.86. The Hall–Kier alpha value is -2.87. The second kappa shape index (κ2) is 8.87. The van der Waals surface area contributed by atoms with E-state index in [0.717, 1.165) is 17.7 Å². The van der Waals surface area contributed by atoms with Gasteiger partial charge in [0, 0.05) is 24.7 Å². The molecule has 2 N–H and O–H groups in total. The van der Waals surface area contributed by atoms with Crippen LogP contribution in [0.2, 0.25) is 0 Å². The SMILES string of the molecule is CCC(=O)N1CCc2cc(S(=O)(=O)Nc3ccccc3C(=O)N[C@@H](C)CC)ccc21. The van der Waals surface area contributed by atoms with Crippen molar-refractivity contribution in [2.24, 2.45) is 0 Å². The molecule has 0 unspecified atom stereocenters. The van der Waals surface area contributed by atoms with Crippen LogP contribution in [0.3, 0.4) is 0 Å². The molecule has 0 fully saturated rings. The fourth-order valence-corrected chi connectivity index (χ4v) is 4.50. The number of hydrogen-bond donors (Lipinski definition) is 2. The van der Waals surface area contributed by atoms with Gasteiger partial charge in [-0.1, -0.05) is 26.0 Å². The number of carbonyl (C=O) groups is 2. The van der Waals surface area contributed by atoms with Gasteiger partial charge >= 0.3 is 0 Å². The van der Waals surface area contributed by atoms with Crippen LogP contribution in [0.15, 0.2) is 47.4 Å². The minimum atomic E-state index is -3.90. The molecule has 1 atom stereocenters. The maximum absolute atomic E-state index is 13.0. The third-order valence-electron chi connectivity index (χ3n) is 5.27. The van der Waals surface area contributed by atoms with E-state index in [1.807, 2.05) is 13.8 Å². The third kappa shape index (κ3) is 4.48. The molecule has 0 saturated heterocycles. The minimum absolute atomic E-state index is 0.0173. The standard InChI is InChI=1S/C22H27N3O4S/c1-4-15(3)23-22(27)18-8-6-7-9-19(18)24-30(28,29)17-10-11-20-16(14-17)12-13-25(20)21(26)5-2/h6-11,14-15,24H,4-5,12-13H2,1-3H3,(H,23,27)/t15-/m0/s1. The van der Waals surface area contributed by atoms with E-state index in [1.54, 1.807) is 48.2 Å². The highest BCUT2D eigenvalue weighted by Gasteiger charge is 2.26. The summed E-state index contributed by atoms with van der Waals surface area (Å²) < 4.78 is 28.5. The van der Waals surface area contributed by atoms with Crippen molar-refractivity contribution >= 4 is 33.2 Å². The van der Waals surface area contributed by atoms with Crippen molar-refractivity contribution in [1.82, 2.24) is 5.32 Å². The molecular weight excluding hydrogens is 402 g/mol. The van der Waals surface area contributed by atoms with Crippen molar-refractivity contribution in [3.63, 3.8) is 0 Å². The number of para-hydroxylation sites is 1. The van der Waals surface area contributed by atoms with Crippen LogP contribution < -0.4 is 14.9 Å². The first-order valence-electron chi connectivity index (χ1n) is 10.1. The van der Waals surface area contributed by atoms with Gasteiger partial charge in [-0.15, -0.1) is 0 Å². The maximum atomic E-state index is 13.0. The molecule has 2 aromatic carbocycles. The molecule has 30 heavy (non-hydrogen) atoms. The van der Waals surface area contributed by atoms with E-state index in [1.165, 1.54) is 6.07 Å². The van der Waals surface area contributed by atoms with Gasteiger partial charge in [-0.3, -0.25) is 14.3 Å². The second-order valence-electron chi connectivity index (χ2n) is 7.37. The van der Waals surface area contributed by atoms with Gasteiger partial charge in [-0.05, 0) is 55.7 Å². The van der Waals surface area contributed by atoms with Gasteiger partial charge in [0.25, 0.3) is 15.9 Å². The highest BCUT2D eigenvalue weighted by Crippen LogP contribution is 2.31. The summed E-state index contributed by atoms with van der Waals surface area (Å²) >= 11 is 0. The number of fused-ring (bicyclic) bond motifs is 1. The Morgan fingerprint density at radius 3 is 2.57 bits per heavy atom. The number of nitrogens with one attached hydrogen (secondary N) is 2. The Labute approximate surface area is 177 Å². The van der Waals surface area contributed by atoms with Crippen LogP contribution in [0.5, 0.6) is 0 Å². The van der Waals surface area contributed by atoms with E-state index in [4.69, 9.17) is 0 Å². The highest BCUT2D eigenvalue weighted by molar-refractivity contribution is 7.92. The monoisotopic (exact) mass is 429 g/mol. The van der Waals surface area contributed by atoms with Gasteiger partial charge in [0.15, 0.2) is 0 Å². The Morgan fingerprint density at radius 1 is 1.13 bits per heavy atom. The fraction of sp³-hybridized carbons (Fsp3) is 0.364. The van der Waals surface area contributed by atoms with Gasteiger partial charge in [0.05, 0.1) is 16.1 Å². The largest absolute Gasteiger partial charge is 0.350 e. The van der Waals surface area contributed by atoms with Gasteiger partial charge in [-0.25, -0.2) is 8.42 Å². The molecule has 0 aromatic heterocycles. The zero-order valence-corrected chi connectivity index (χ0v) is 18.3. The zero-order valence-electron chi connectivity index (χ0n) is 17.4. The van der Waals surface area contributed by atoms with E-state index < -0.39 is 10.0 Å². The third-order valence-corrected chi connectivity index (χ3v) is 6.63. The van der Waals surface area contributed by atoms with Crippen LogP contribution >= 0.6 is 0 Å². The van der Waals surface area contributed by atoms with E-state index in [-0.39, 0.29) is 34.0 Å². The normalized spacial score (nSPS) is 14.2. The molecule has 1 heterocycles. The second-order valence-corrected chi connectivity index (χ2v) is 9.06. The maximum Gasteiger partial charge on any atom is 0.261 e. The van der Waals surface area contributed by atoms with Crippen LogP contribution in [-0.2, 0) is 21.2 Å². The van der Waals surface area contributed by atoms with Crippen LogP contribution in [0.25, 0.3) is 0 Å². The number of amides is 2. The highest BCUT2D eigenvalue weighted by atomic mass is 32.2. The molecule has 2 amide bonds. The molecule has 0 aliphatic carbocycles. The van der Waals surface area contributed by atoms with Crippen LogP contribution in [0.1, 0.15) is 49.5 Å². The van der Waals surface area contributed by atoms with E-state index in [9.17, 15) is 18.0 Å². The van der Waals surface area contributed by atoms with Gasteiger partial charge in [0.2, 0.25) is 5.91 Å². The smallest absolute Gasteiger partial charge is 0.261 e. The topological polar surface area (TPSA) is 95.6 Å².